The van der Waals surface area contributed by atoms with Crippen molar-refractivity contribution < 1.29 is 9.90 Å². The minimum atomic E-state index is -0.770. The normalized spacial score (nSPS) is 11.4. The molecule has 0 unspecified atom stereocenters. The maximum Gasteiger partial charge on any atom is 0.307 e. The molecule has 0 amide bonds. The first-order valence-corrected chi connectivity index (χ1v) is 4.60. The zero-order valence-electron chi connectivity index (χ0n) is 8.47. The molecule has 0 saturated heterocycles. The summed E-state index contributed by atoms with van der Waals surface area (Å²) >= 11 is 0. The van der Waals surface area contributed by atoms with E-state index in [1.54, 1.807) is 6.08 Å². The summed E-state index contributed by atoms with van der Waals surface area (Å²) in [5.74, 6) is -0.770. The molecule has 0 aliphatic heterocycles. The fraction of sp³-hybridized carbons (Fsp3) is 0.545. The second-order valence-corrected chi connectivity index (χ2v) is 3.25. The molecule has 0 radical (unpaired) electrons. The molecule has 74 valence electrons. The summed E-state index contributed by atoms with van der Waals surface area (Å²) in [4.78, 5) is 10.2. The minimum absolute atomic E-state index is 0.129. The maximum absolute atomic E-state index is 10.2. The Bertz CT molecular complexity index is 214. The predicted octanol–water partition coefficient (Wildman–Crippen LogP) is 3.15. The molecule has 0 aromatic heterocycles. The molecule has 0 heterocycles. The highest BCUT2D eigenvalue weighted by Gasteiger charge is 1.95. The van der Waals surface area contributed by atoms with Gasteiger partial charge in [-0.25, -0.2) is 0 Å². The fourth-order valence-corrected chi connectivity index (χ4v) is 0.914. The molecule has 0 aromatic carbocycles. The first-order valence-electron chi connectivity index (χ1n) is 4.60. The van der Waals surface area contributed by atoms with Gasteiger partial charge < -0.3 is 5.11 Å². The van der Waals surface area contributed by atoms with E-state index in [4.69, 9.17) is 5.11 Å². The number of carboxylic acids is 1. The molecule has 0 aromatic rings. The van der Waals surface area contributed by atoms with Gasteiger partial charge in [-0.15, -0.1) is 0 Å². The fourth-order valence-electron chi connectivity index (χ4n) is 0.914. The van der Waals surface area contributed by atoms with Gasteiger partial charge in [0.15, 0.2) is 0 Å². The zero-order chi connectivity index (χ0) is 10.3. The highest BCUT2D eigenvalue weighted by atomic mass is 16.4. The van der Waals surface area contributed by atoms with E-state index in [0.29, 0.717) is 0 Å². The number of carbonyl (C=O) groups is 1. The molecule has 0 bridgehead atoms. The Morgan fingerprint density at radius 1 is 1.46 bits per heavy atom. The van der Waals surface area contributed by atoms with Crippen molar-refractivity contribution in [2.45, 2.75) is 39.5 Å². The molecule has 0 aliphatic carbocycles. The molecule has 0 aliphatic rings. The van der Waals surface area contributed by atoms with Crippen LogP contribution in [0.5, 0.6) is 0 Å². The average Bonchev–Trinajstić information content (AvgIpc) is 2.10. The summed E-state index contributed by atoms with van der Waals surface area (Å²) in [5, 5.41) is 8.42. The van der Waals surface area contributed by atoms with Crippen molar-refractivity contribution in [2.75, 3.05) is 0 Å². The number of carboxylic acid groups (broad SMARTS) is 1. The van der Waals surface area contributed by atoms with Gasteiger partial charge in [0, 0.05) is 0 Å². The molecule has 13 heavy (non-hydrogen) atoms. The van der Waals surface area contributed by atoms with E-state index >= 15 is 0 Å². The second-order valence-electron chi connectivity index (χ2n) is 3.25. The van der Waals surface area contributed by atoms with Crippen LogP contribution < -0.4 is 0 Å². The monoisotopic (exact) mass is 182 g/mol. The van der Waals surface area contributed by atoms with Crippen molar-refractivity contribution in [2.24, 2.45) is 0 Å². The highest BCUT2D eigenvalue weighted by molar-refractivity contribution is 5.68. The smallest absolute Gasteiger partial charge is 0.307 e. The van der Waals surface area contributed by atoms with E-state index < -0.39 is 5.97 Å². The van der Waals surface area contributed by atoms with Crippen LogP contribution in [0.3, 0.4) is 0 Å². The van der Waals surface area contributed by atoms with Crippen molar-refractivity contribution >= 4 is 5.97 Å². The quantitative estimate of drug-likeness (QED) is 0.641. The van der Waals surface area contributed by atoms with Gasteiger partial charge in [-0.3, -0.25) is 4.79 Å². The van der Waals surface area contributed by atoms with E-state index in [1.165, 1.54) is 5.57 Å². The van der Waals surface area contributed by atoms with E-state index in [0.717, 1.165) is 24.8 Å². The summed E-state index contributed by atoms with van der Waals surface area (Å²) in [7, 11) is 0. The standard InChI is InChI=1S/C11H18O2/c1-4-9(2)5-6-10(3)7-8-11(12)13/h7H,2,4-6,8H2,1,3H3,(H,12,13)/b10-7+. The van der Waals surface area contributed by atoms with E-state index in [-0.39, 0.29) is 6.42 Å². The lowest BCUT2D eigenvalue weighted by Gasteiger charge is -2.02. The molecule has 1 N–H and O–H groups in total. The Kier molecular flexibility index (Phi) is 5.94. The molecule has 0 spiro atoms. The number of allylic oxidation sites excluding steroid dienone is 2. The van der Waals surface area contributed by atoms with Crippen molar-refractivity contribution in [3.8, 4) is 0 Å². The number of aliphatic carboxylic acids is 1. The van der Waals surface area contributed by atoms with Crippen LogP contribution in [0, 0.1) is 0 Å². The number of rotatable bonds is 6. The van der Waals surface area contributed by atoms with Crippen LogP contribution in [0.2, 0.25) is 0 Å². The summed E-state index contributed by atoms with van der Waals surface area (Å²) < 4.78 is 0. The van der Waals surface area contributed by atoms with Gasteiger partial charge >= 0.3 is 5.97 Å². The van der Waals surface area contributed by atoms with Gasteiger partial charge in [-0.2, -0.15) is 0 Å². The van der Waals surface area contributed by atoms with Crippen molar-refractivity contribution in [3.05, 3.63) is 23.8 Å². The first-order chi connectivity index (χ1) is 6.06. The Balaban J connectivity index is 3.73. The van der Waals surface area contributed by atoms with Crippen molar-refractivity contribution in [3.63, 3.8) is 0 Å². The Morgan fingerprint density at radius 2 is 2.08 bits per heavy atom. The summed E-state index contributed by atoms with van der Waals surface area (Å²) in [6, 6.07) is 0. The average molecular weight is 182 g/mol. The summed E-state index contributed by atoms with van der Waals surface area (Å²) in [6.45, 7) is 7.94. The molecular formula is C11H18O2. The largest absolute Gasteiger partial charge is 0.481 e. The molecule has 0 fully saturated rings. The zero-order valence-corrected chi connectivity index (χ0v) is 8.47. The lowest BCUT2D eigenvalue weighted by molar-refractivity contribution is -0.136. The molecule has 2 nitrogen and oxygen atoms in total. The predicted molar refractivity (Wildman–Crippen MR) is 54.7 cm³/mol. The van der Waals surface area contributed by atoms with Crippen LogP contribution in [-0.2, 0) is 4.79 Å². The van der Waals surface area contributed by atoms with Gasteiger partial charge in [-0.1, -0.05) is 30.7 Å². The number of hydrogen-bond donors (Lipinski definition) is 1. The molecular weight excluding hydrogens is 164 g/mol. The van der Waals surface area contributed by atoms with Crippen LogP contribution in [0.4, 0.5) is 0 Å². The maximum atomic E-state index is 10.2. The Morgan fingerprint density at radius 3 is 2.54 bits per heavy atom. The summed E-state index contributed by atoms with van der Waals surface area (Å²) in [6.07, 6.45) is 4.81. The molecule has 0 saturated carbocycles. The van der Waals surface area contributed by atoms with Gasteiger partial charge in [0.25, 0.3) is 0 Å². The van der Waals surface area contributed by atoms with Crippen LogP contribution >= 0.6 is 0 Å². The van der Waals surface area contributed by atoms with Gasteiger partial charge in [0.2, 0.25) is 0 Å². The third-order valence-corrected chi connectivity index (χ3v) is 2.00. The second kappa shape index (κ2) is 6.46. The highest BCUT2D eigenvalue weighted by Crippen LogP contribution is 2.12. The minimum Gasteiger partial charge on any atom is -0.481 e. The molecule has 2 heteroatoms. The Hall–Kier alpha value is -1.05. The third kappa shape index (κ3) is 7.32. The summed E-state index contributed by atoms with van der Waals surface area (Å²) in [5.41, 5.74) is 2.36. The van der Waals surface area contributed by atoms with Crippen molar-refractivity contribution in [1.82, 2.24) is 0 Å². The van der Waals surface area contributed by atoms with Crippen LogP contribution in [0.1, 0.15) is 39.5 Å². The lowest BCUT2D eigenvalue weighted by Crippen LogP contribution is -1.91. The number of hydrogen-bond acceptors (Lipinski definition) is 1. The third-order valence-electron chi connectivity index (χ3n) is 2.00. The van der Waals surface area contributed by atoms with Crippen molar-refractivity contribution in [1.29, 1.82) is 0 Å². The van der Waals surface area contributed by atoms with E-state index in [1.807, 2.05) is 6.92 Å². The molecule has 0 rings (SSSR count). The van der Waals surface area contributed by atoms with Crippen LogP contribution in [-0.4, -0.2) is 11.1 Å². The lowest BCUT2D eigenvalue weighted by atomic mass is 10.0. The SMILES string of the molecule is C=C(CC)CC/C(C)=C/CC(=O)O. The van der Waals surface area contributed by atoms with Gasteiger partial charge in [0.05, 0.1) is 6.42 Å². The van der Waals surface area contributed by atoms with E-state index in [2.05, 4.69) is 13.5 Å². The first kappa shape index (κ1) is 11.9. The Labute approximate surface area is 80.0 Å². The van der Waals surface area contributed by atoms with Gasteiger partial charge in [0.1, 0.15) is 0 Å². The molecule has 0 atom stereocenters. The van der Waals surface area contributed by atoms with Crippen LogP contribution in [0.15, 0.2) is 23.8 Å². The topological polar surface area (TPSA) is 37.3 Å². The van der Waals surface area contributed by atoms with Gasteiger partial charge in [-0.05, 0) is 26.2 Å². The van der Waals surface area contributed by atoms with E-state index in [9.17, 15) is 4.79 Å². The van der Waals surface area contributed by atoms with Crippen LogP contribution in [0.25, 0.3) is 0 Å².